The molecule has 0 aromatic heterocycles. The van der Waals surface area contributed by atoms with Crippen molar-refractivity contribution in [2.24, 2.45) is 0 Å². The number of β-lactam (4-membered cyclic amide) rings is 1. The van der Waals surface area contributed by atoms with E-state index < -0.39 is 30.1 Å². The Kier molecular flexibility index (Phi) is 4.76. The molecule has 1 aromatic carbocycles. The molecule has 2 N–H and O–H groups in total. The average molecular weight is 292 g/mol. The van der Waals surface area contributed by atoms with Crippen molar-refractivity contribution in [2.75, 3.05) is 6.61 Å². The molecule has 7 nitrogen and oxygen atoms in total. The molecule has 7 heteroatoms. The van der Waals surface area contributed by atoms with Gasteiger partial charge in [0.15, 0.2) is 6.04 Å². The summed E-state index contributed by atoms with van der Waals surface area (Å²) in [5.41, 5.74) is 0.827. The smallest absolute Gasteiger partial charge is 0.408 e. The van der Waals surface area contributed by atoms with Crippen molar-refractivity contribution in [3.63, 3.8) is 0 Å². The number of benzene rings is 1. The van der Waals surface area contributed by atoms with Gasteiger partial charge in [-0.05, 0) is 12.5 Å². The Morgan fingerprint density at radius 3 is 2.57 bits per heavy atom. The highest BCUT2D eigenvalue weighted by Crippen LogP contribution is 2.09. The Morgan fingerprint density at radius 1 is 1.24 bits per heavy atom. The molecule has 0 aliphatic carbocycles. The van der Waals surface area contributed by atoms with E-state index in [-0.39, 0.29) is 13.2 Å². The molecule has 1 fully saturated rings. The molecule has 1 saturated heterocycles. The van der Waals surface area contributed by atoms with Gasteiger partial charge in [0.05, 0.1) is 6.61 Å². The van der Waals surface area contributed by atoms with Gasteiger partial charge in [0.2, 0.25) is 5.91 Å². The minimum atomic E-state index is -0.952. The first-order chi connectivity index (χ1) is 10.1. The van der Waals surface area contributed by atoms with Crippen molar-refractivity contribution in [2.45, 2.75) is 25.6 Å². The Hall–Kier alpha value is -2.57. The fourth-order valence-electron chi connectivity index (χ4n) is 1.85. The Labute approximate surface area is 121 Å². The lowest BCUT2D eigenvalue weighted by atomic mass is 9.99. The predicted octanol–water partition coefficient (Wildman–Crippen LogP) is 0.343. The first-order valence-electron chi connectivity index (χ1n) is 6.56. The third-order valence-corrected chi connectivity index (χ3v) is 2.94. The van der Waals surface area contributed by atoms with Gasteiger partial charge in [-0.2, -0.15) is 0 Å². The van der Waals surface area contributed by atoms with E-state index in [0.29, 0.717) is 0 Å². The number of ether oxygens (including phenoxy) is 2. The molecule has 1 aliphatic rings. The van der Waals surface area contributed by atoms with E-state index in [1.165, 1.54) is 0 Å². The molecule has 2 unspecified atom stereocenters. The summed E-state index contributed by atoms with van der Waals surface area (Å²) in [5, 5.41) is 4.72. The second-order valence-electron chi connectivity index (χ2n) is 4.42. The Bertz CT molecular complexity index is 531. The number of nitrogens with one attached hydrogen (secondary N) is 2. The van der Waals surface area contributed by atoms with Gasteiger partial charge < -0.3 is 20.1 Å². The summed E-state index contributed by atoms with van der Waals surface area (Å²) in [7, 11) is 0. The number of hydrogen-bond donors (Lipinski definition) is 2. The highest BCUT2D eigenvalue weighted by molar-refractivity contribution is 6.01. The molecule has 0 bridgehead atoms. The normalized spacial score (nSPS) is 20.0. The van der Waals surface area contributed by atoms with Crippen molar-refractivity contribution < 1.29 is 23.9 Å². The van der Waals surface area contributed by atoms with Gasteiger partial charge in [-0.3, -0.25) is 4.79 Å². The van der Waals surface area contributed by atoms with Crippen LogP contribution in [0.25, 0.3) is 0 Å². The molecule has 2 atom stereocenters. The summed E-state index contributed by atoms with van der Waals surface area (Å²) < 4.78 is 9.78. The molecule has 2 rings (SSSR count). The van der Waals surface area contributed by atoms with Crippen LogP contribution < -0.4 is 10.6 Å². The maximum Gasteiger partial charge on any atom is 0.408 e. The molecule has 112 valence electrons. The lowest BCUT2D eigenvalue weighted by Crippen LogP contribution is -2.72. The van der Waals surface area contributed by atoms with Crippen LogP contribution in [0.3, 0.4) is 0 Å². The average Bonchev–Trinajstić information content (AvgIpc) is 2.49. The maximum absolute atomic E-state index is 11.6. The molecular weight excluding hydrogens is 276 g/mol. The molecule has 0 radical (unpaired) electrons. The predicted molar refractivity (Wildman–Crippen MR) is 72.1 cm³/mol. The van der Waals surface area contributed by atoms with E-state index in [1.54, 1.807) is 6.92 Å². The second-order valence-corrected chi connectivity index (χ2v) is 4.42. The van der Waals surface area contributed by atoms with E-state index in [2.05, 4.69) is 10.6 Å². The standard InChI is InChI=1S/C14H16N2O5/c1-2-20-13(18)11-10(12(17)15-11)16-14(19)21-8-9-6-4-3-5-7-9/h3-7,10-11H,2,8H2,1H3,(H,15,17)(H,16,19). The van der Waals surface area contributed by atoms with Crippen LogP contribution in [0.1, 0.15) is 12.5 Å². The van der Waals surface area contributed by atoms with E-state index >= 15 is 0 Å². The van der Waals surface area contributed by atoms with Crippen molar-refractivity contribution in [1.82, 2.24) is 10.6 Å². The molecule has 0 spiro atoms. The molecular formula is C14H16N2O5. The molecule has 1 aliphatic heterocycles. The SMILES string of the molecule is CCOC(=O)C1NC(=O)C1NC(=O)OCc1ccccc1. The van der Waals surface area contributed by atoms with E-state index in [0.717, 1.165) is 5.56 Å². The number of carbonyl (C=O) groups excluding carboxylic acids is 3. The lowest BCUT2D eigenvalue weighted by Gasteiger charge is -2.34. The summed E-state index contributed by atoms with van der Waals surface area (Å²) in [6, 6.07) is 7.32. The van der Waals surface area contributed by atoms with Crippen molar-refractivity contribution in [3.05, 3.63) is 35.9 Å². The first kappa shape index (κ1) is 14.8. The zero-order valence-electron chi connectivity index (χ0n) is 11.5. The quantitative estimate of drug-likeness (QED) is 0.603. The summed E-state index contributed by atoms with van der Waals surface area (Å²) in [5.74, 6) is -1.02. The van der Waals surface area contributed by atoms with E-state index in [9.17, 15) is 14.4 Å². The number of carbonyl (C=O) groups is 3. The first-order valence-corrected chi connectivity index (χ1v) is 6.56. The van der Waals surface area contributed by atoms with Crippen molar-refractivity contribution >= 4 is 18.0 Å². The second kappa shape index (κ2) is 6.74. The number of alkyl carbamates (subject to hydrolysis) is 1. The zero-order chi connectivity index (χ0) is 15.2. The lowest BCUT2D eigenvalue weighted by molar-refractivity contribution is -0.154. The summed E-state index contributed by atoms with van der Waals surface area (Å²) >= 11 is 0. The van der Waals surface area contributed by atoms with Gasteiger partial charge in [0.1, 0.15) is 12.6 Å². The van der Waals surface area contributed by atoms with Gasteiger partial charge >= 0.3 is 12.1 Å². The van der Waals surface area contributed by atoms with E-state index in [4.69, 9.17) is 9.47 Å². The Balaban J connectivity index is 1.81. The van der Waals surface area contributed by atoms with Gasteiger partial charge in [0, 0.05) is 0 Å². The molecule has 1 aromatic rings. The summed E-state index contributed by atoms with van der Waals surface area (Å²) in [4.78, 5) is 34.5. The van der Waals surface area contributed by atoms with Crippen LogP contribution in [0, 0.1) is 0 Å². The van der Waals surface area contributed by atoms with Crippen LogP contribution in [-0.4, -0.2) is 36.7 Å². The number of hydrogen-bond acceptors (Lipinski definition) is 5. The largest absolute Gasteiger partial charge is 0.464 e. The number of rotatable bonds is 5. The van der Waals surface area contributed by atoms with Crippen LogP contribution in [0.5, 0.6) is 0 Å². The Morgan fingerprint density at radius 2 is 1.95 bits per heavy atom. The van der Waals surface area contributed by atoms with Crippen LogP contribution in [0.4, 0.5) is 4.79 Å². The van der Waals surface area contributed by atoms with Crippen LogP contribution in [0.15, 0.2) is 30.3 Å². The highest BCUT2D eigenvalue weighted by Gasteiger charge is 2.46. The summed E-state index contributed by atoms with van der Waals surface area (Å²) in [6.07, 6.45) is -0.756. The van der Waals surface area contributed by atoms with Crippen LogP contribution in [0.2, 0.25) is 0 Å². The molecule has 2 amide bonds. The molecule has 21 heavy (non-hydrogen) atoms. The van der Waals surface area contributed by atoms with Gasteiger partial charge in [-0.1, -0.05) is 30.3 Å². The topological polar surface area (TPSA) is 93.7 Å². The fourth-order valence-corrected chi connectivity index (χ4v) is 1.85. The van der Waals surface area contributed by atoms with Crippen LogP contribution >= 0.6 is 0 Å². The monoisotopic (exact) mass is 292 g/mol. The van der Waals surface area contributed by atoms with Gasteiger partial charge in [0.25, 0.3) is 0 Å². The van der Waals surface area contributed by atoms with Gasteiger partial charge in [-0.15, -0.1) is 0 Å². The third kappa shape index (κ3) is 3.71. The van der Waals surface area contributed by atoms with E-state index in [1.807, 2.05) is 30.3 Å². The summed E-state index contributed by atoms with van der Waals surface area (Å²) in [6.45, 7) is 1.95. The third-order valence-electron chi connectivity index (χ3n) is 2.94. The maximum atomic E-state index is 11.6. The van der Waals surface area contributed by atoms with Crippen LogP contribution in [-0.2, 0) is 25.7 Å². The highest BCUT2D eigenvalue weighted by atomic mass is 16.5. The minimum Gasteiger partial charge on any atom is -0.464 e. The fraction of sp³-hybridized carbons (Fsp3) is 0.357. The van der Waals surface area contributed by atoms with Crippen molar-refractivity contribution in [1.29, 1.82) is 0 Å². The number of amides is 2. The zero-order valence-corrected chi connectivity index (χ0v) is 11.5. The number of esters is 1. The minimum absolute atomic E-state index is 0.0884. The molecule has 0 saturated carbocycles. The van der Waals surface area contributed by atoms with Gasteiger partial charge in [-0.25, -0.2) is 9.59 Å². The molecule has 1 heterocycles. The van der Waals surface area contributed by atoms with Crippen molar-refractivity contribution in [3.8, 4) is 0 Å².